The molecular weight excluding hydrogens is 270 g/mol. The van der Waals surface area contributed by atoms with E-state index in [4.69, 9.17) is 10.5 Å². The molecule has 1 amide bonds. The highest BCUT2D eigenvalue weighted by molar-refractivity contribution is 5.93. The van der Waals surface area contributed by atoms with Crippen LogP contribution in [0.3, 0.4) is 0 Å². The first-order valence-electron chi connectivity index (χ1n) is 6.67. The number of aromatic nitrogens is 3. The molecule has 2 rings (SSSR count). The highest BCUT2D eigenvalue weighted by atomic mass is 16.5. The maximum atomic E-state index is 11.7. The molecule has 1 unspecified atom stereocenters. The number of nitrogens with zero attached hydrogens (tertiary/aromatic N) is 3. The van der Waals surface area contributed by atoms with Gasteiger partial charge in [-0.3, -0.25) is 14.5 Å². The molecule has 7 nitrogen and oxygen atoms in total. The number of hydrogen-bond acceptors (Lipinski definition) is 5. The standard InChI is InChI=1S/C14H19N5O2/c1-21-10-12(15)14(20)17-13-5-9-19(18-13)8-4-11-2-6-16-7-3-11/h2-3,5-7,9,12H,4,8,10,15H2,1H3,(H,17,18,20). The highest BCUT2D eigenvalue weighted by Gasteiger charge is 2.14. The molecule has 0 saturated carbocycles. The summed E-state index contributed by atoms with van der Waals surface area (Å²) in [6, 6.07) is 4.98. The Morgan fingerprint density at radius 2 is 2.19 bits per heavy atom. The number of nitrogens with two attached hydrogens (primary N) is 1. The lowest BCUT2D eigenvalue weighted by atomic mass is 10.2. The lowest BCUT2D eigenvalue weighted by molar-refractivity contribution is -0.118. The number of anilines is 1. The summed E-state index contributed by atoms with van der Waals surface area (Å²) in [4.78, 5) is 15.7. The summed E-state index contributed by atoms with van der Waals surface area (Å²) in [6.07, 6.45) is 6.20. The molecule has 0 aliphatic carbocycles. The van der Waals surface area contributed by atoms with Gasteiger partial charge in [-0.25, -0.2) is 0 Å². The van der Waals surface area contributed by atoms with Gasteiger partial charge >= 0.3 is 0 Å². The Labute approximate surface area is 123 Å². The Kier molecular flexibility index (Phi) is 5.42. The SMILES string of the molecule is COCC(N)C(=O)Nc1ccn(CCc2ccncc2)n1. The molecule has 2 aromatic heterocycles. The predicted octanol–water partition coefficient (Wildman–Crippen LogP) is 0.433. The Bertz CT molecular complexity index is 570. The van der Waals surface area contributed by atoms with Gasteiger partial charge < -0.3 is 15.8 Å². The van der Waals surface area contributed by atoms with Crippen LogP contribution >= 0.6 is 0 Å². The van der Waals surface area contributed by atoms with Crippen LogP contribution in [0.4, 0.5) is 5.82 Å². The fraction of sp³-hybridized carbons (Fsp3) is 0.357. The second-order valence-corrected chi connectivity index (χ2v) is 4.62. The third-order valence-corrected chi connectivity index (χ3v) is 2.95. The zero-order valence-electron chi connectivity index (χ0n) is 11.9. The van der Waals surface area contributed by atoms with Gasteiger partial charge in [0.25, 0.3) is 0 Å². The molecule has 0 spiro atoms. The normalized spacial score (nSPS) is 12.1. The van der Waals surface area contributed by atoms with E-state index in [0.29, 0.717) is 5.82 Å². The maximum Gasteiger partial charge on any atom is 0.244 e. The number of methoxy groups -OCH3 is 1. The number of carbonyl (C=O) groups is 1. The van der Waals surface area contributed by atoms with E-state index in [1.54, 1.807) is 23.1 Å². The average molecular weight is 289 g/mol. The first-order valence-corrected chi connectivity index (χ1v) is 6.67. The fourth-order valence-electron chi connectivity index (χ4n) is 1.82. The van der Waals surface area contributed by atoms with Crippen molar-refractivity contribution >= 4 is 11.7 Å². The Balaban J connectivity index is 1.85. The number of amides is 1. The van der Waals surface area contributed by atoms with E-state index in [1.807, 2.05) is 18.3 Å². The highest BCUT2D eigenvalue weighted by Crippen LogP contribution is 2.05. The van der Waals surface area contributed by atoms with Crippen molar-refractivity contribution in [3.63, 3.8) is 0 Å². The minimum absolute atomic E-state index is 0.175. The average Bonchev–Trinajstić information content (AvgIpc) is 2.94. The monoisotopic (exact) mass is 289 g/mol. The van der Waals surface area contributed by atoms with Crippen molar-refractivity contribution in [3.8, 4) is 0 Å². The number of carbonyl (C=O) groups excluding carboxylic acids is 1. The van der Waals surface area contributed by atoms with Crippen molar-refractivity contribution < 1.29 is 9.53 Å². The van der Waals surface area contributed by atoms with Crippen molar-refractivity contribution in [1.82, 2.24) is 14.8 Å². The van der Waals surface area contributed by atoms with E-state index in [9.17, 15) is 4.79 Å². The van der Waals surface area contributed by atoms with Crippen molar-refractivity contribution in [2.24, 2.45) is 5.73 Å². The van der Waals surface area contributed by atoms with E-state index >= 15 is 0 Å². The van der Waals surface area contributed by atoms with Crippen molar-refractivity contribution in [3.05, 3.63) is 42.4 Å². The second kappa shape index (κ2) is 7.51. The number of ether oxygens (including phenoxy) is 1. The molecule has 0 aliphatic rings. The number of nitrogens with one attached hydrogen (secondary N) is 1. The lowest BCUT2D eigenvalue weighted by Crippen LogP contribution is -2.39. The van der Waals surface area contributed by atoms with Crippen LogP contribution in [0.5, 0.6) is 0 Å². The quantitative estimate of drug-likeness (QED) is 0.771. The molecule has 3 N–H and O–H groups in total. The van der Waals surface area contributed by atoms with Crippen molar-refractivity contribution in [1.29, 1.82) is 0 Å². The number of hydrogen-bond donors (Lipinski definition) is 2. The van der Waals surface area contributed by atoms with E-state index in [0.717, 1.165) is 13.0 Å². The van der Waals surface area contributed by atoms with Crippen LogP contribution in [0.1, 0.15) is 5.56 Å². The van der Waals surface area contributed by atoms with Gasteiger partial charge in [-0.15, -0.1) is 0 Å². The lowest BCUT2D eigenvalue weighted by Gasteiger charge is -2.09. The zero-order chi connectivity index (χ0) is 15.1. The van der Waals surface area contributed by atoms with Crippen LogP contribution < -0.4 is 11.1 Å². The second-order valence-electron chi connectivity index (χ2n) is 4.62. The summed E-state index contributed by atoms with van der Waals surface area (Å²) < 4.78 is 6.61. The molecule has 21 heavy (non-hydrogen) atoms. The van der Waals surface area contributed by atoms with E-state index in [2.05, 4.69) is 15.4 Å². The number of aryl methyl sites for hydroxylation is 2. The smallest absolute Gasteiger partial charge is 0.244 e. The van der Waals surface area contributed by atoms with Crippen molar-refractivity contribution in [2.75, 3.05) is 19.0 Å². The summed E-state index contributed by atoms with van der Waals surface area (Å²) in [7, 11) is 1.50. The fourth-order valence-corrected chi connectivity index (χ4v) is 1.82. The molecule has 0 bridgehead atoms. The molecule has 0 aromatic carbocycles. The van der Waals surface area contributed by atoms with Crippen LogP contribution in [0, 0.1) is 0 Å². The van der Waals surface area contributed by atoms with Gasteiger partial charge in [-0.2, -0.15) is 5.10 Å². The van der Waals surface area contributed by atoms with Crippen LogP contribution in [0.15, 0.2) is 36.8 Å². The molecule has 2 aromatic rings. The van der Waals surface area contributed by atoms with Crippen LogP contribution in [-0.4, -0.2) is 40.4 Å². The van der Waals surface area contributed by atoms with Gasteiger partial charge in [-0.05, 0) is 24.1 Å². The number of pyridine rings is 1. The van der Waals surface area contributed by atoms with Crippen LogP contribution in [-0.2, 0) is 22.5 Å². The van der Waals surface area contributed by atoms with Gasteiger partial charge in [0.15, 0.2) is 5.82 Å². The number of rotatable bonds is 7. The first kappa shape index (κ1) is 15.1. The van der Waals surface area contributed by atoms with Crippen molar-refractivity contribution in [2.45, 2.75) is 19.0 Å². The summed E-state index contributed by atoms with van der Waals surface area (Å²) >= 11 is 0. The largest absolute Gasteiger partial charge is 0.383 e. The summed E-state index contributed by atoms with van der Waals surface area (Å²) in [5.74, 6) is 0.178. The van der Waals surface area contributed by atoms with Gasteiger partial charge in [0.1, 0.15) is 6.04 Å². The molecule has 0 saturated heterocycles. The predicted molar refractivity (Wildman–Crippen MR) is 78.6 cm³/mol. The molecule has 0 fully saturated rings. The summed E-state index contributed by atoms with van der Waals surface area (Å²) in [6.45, 7) is 0.901. The van der Waals surface area contributed by atoms with Gasteiger partial charge in [0, 0.05) is 38.3 Å². The van der Waals surface area contributed by atoms with E-state index in [1.165, 1.54) is 12.7 Å². The molecule has 1 atom stereocenters. The van der Waals surface area contributed by atoms with Crippen LogP contribution in [0.2, 0.25) is 0 Å². The van der Waals surface area contributed by atoms with Gasteiger partial charge in [-0.1, -0.05) is 0 Å². The van der Waals surface area contributed by atoms with Gasteiger partial charge in [0.2, 0.25) is 5.91 Å². The maximum absolute atomic E-state index is 11.7. The first-order chi connectivity index (χ1) is 10.2. The Morgan fingerprint density at radius 1 is 1.43 bits per heavy atom. The molecule has 2 heterocycles. The zero-order valence-corrected chi connectivity index (χ0v) is 11.9. The summed E-state index contributed by atoms with van der Waals surface area (Å²) in [5.41, 5.74) is 6.83. The minimum Gasteiger partial charge on any atom is -0.383 e. The topological polar surface area (TPSA) is 95.1 Å². The Hall–Kier alpha value is -2.25. The Morgan fingerprint density at radius 3 is 2.90 bits per heavy atom. The molecule has 0 aliphatic heterocycles. The molecule has 7 heteroatoms. The van der Waals surface area contributed by atoms with Gasteiger partial charge in [0.05, 0.1) is 6.61 Å². The van der Waals surface area contributed by atoms with Crippen LogP contribution in [0.25, 0.3) is 0 Å². The molecular formula is C14H19N5O2. The molecule has 0 radical (unpaired) electrons. The third kappa shape index (κ3) is 4.66. The minimum atomic E-state index is -0.697. The van der Waals surface area contributed by atoms with E-state index < -0.39 is 6.04 Å². The third-order valence-electron chi connectivity index (χ3n) is 2.95. The summed E-state index contributed by atoms with van der Waals surface area (Å²) in [5, 5.41) is 6.94. The molecule has 112 valence electrons. The van der Waals surface area contributed by atoms with E-state index in [-0.39, 0.29) is 12.5 Å².